The van der Waals surface area contributed by atoms with Gasteiger partial charge in [-0.15, -0.1) is 0 Å². The second kappa shape index (κ2) is 11.9. The molecular formula is C19H22AsNO7. The molecule has 0 heterocycles. The predicted octanol–water partition coefficient (Wildman–Crippen LogP) is 1.97. The van der Waals surface area contributed by atoms with Gasteiger partial charge in [0.05, 0.1) is 6.61 Å². The van der Waals surface area contributed by atoms with Gasteiger partial charge in [-0.3, -0.25) is 0 Å². The Bertz CT molecular complexity index is 852. The van der Waals surface area contributed by atoms with Gasteiger partial charge < -0.3 is 4.74 Å². The summed E-state index contributed by atoms with van der Waals surface area (Å²) >= 11 is -4.83. The Morgan fingerprint density at radius 2 is 1.82 bits per heavy atom. The van der Waals surface area contributed by atoms with Crippen molar-refractivity contribution in [3.63, 3.8) is 0 Å². The van der Waals surface area contributed by atoms with E-state index in [4.69, 9.17) is 9.99 Å². The van der Waals surface area contributed by atoms with Crippen molar-refractivity contribution in [2.24, 2.45) is 0 Å². The van der Waals surface area contributed by atoms with Crippen LogP contribution in [0.25, 0.3) is 6.08 Å². The molecular weight excluding hydrogens is 429 g/mol. The fourth-order valence-corrected chi connectivity index (χ4v) is 3.34. The van der Waals surface area contributed by atoms with Crippen LogP contribution in [-0.4, -0.2) is 42.0 Å². The molecule has 0 saturated carbocycles. The Labute approximate surface area is 165 Å². The van der Waals surface area contributed by atoms with Gasteiger partial charge in [-0.05, 0) is 18.6 Å². The van der Waals surface area contributed by atoms with E-state index in [1.165, 1.54) is 31.2 Å². The van der Waals surface area contributed by atoms with Crippen LogP contribution in [0.15, 0.2) is 60.7 Å². The maximum atomic E-state index is 11.3. The third-order valence-electron chi connectivity index (χ3n) is 3.10. The fourth-order valence-electron chi connectivity index (χ4n) is 1.93. The number of carbonyl (C=O) groups is 2. The van der Waals surface area contributed by atoms with Crippen molar-refractivity contribution < 1.29 is 31.3 Å². The number of carbonyl (C=O) groups excluding carboxylic acids is 2. The SMILES string of the molecule is CC(=O)Nc1cccc([As](=O)(O)OO)c1.CCOC(=O)C=Cc1ccccc1. The normalized spacial score (nSPS) is 12.4. The van der Waals surface area contributed by atoms with Gasteiger partial charge in [0.15, 0.2) is 0 Å². The van der Waals surface area contributed by atoms with Crippen LogP contribution in [0.2, 0.25) is 0 Å². The topological polar surface area (TPSA) is 122 Å². The largest absolute Gasteiger partial charge is 0.463 e. The van der Waals surface area contributed by atoms with E-state index in [-0.39, 0.29) is 16.2 Å². The van der Waals surface area contributed by atoms with Gasteiger partial charge in [0.1, 0.15) is 0 Å². The summed E-state index contributed by atoms with van der Waals surface area (Å²) in [5, 5.41) is 10.7. The van der Waals surface area contributed by atoms with Gasteiger partial charge in [-0.25, -0.2) is 4.79 Å². The van der Waals surface area contributed by atoms with Crippen LogP contribution < -0.4 is 9.67 Å². The minimum absolute atomic E-state index is 0.0399. The number of esters is 1. The zero-order valence-corrected chi connectivity index (χ0v) is 17.3. The van der Waals surface area contributed by atoms with E-state index >= 15 is 0 Å². The van der Waals surface area contributed by atoms with Crippen molar-refractivity contribution in [3.8, 4) is 0 Å². The van der Waals surface area contributed by atoms with E-state index in [1.807, 2.05) is 30.3 Å². The monoisotopic (exact) mass is 451 g/mol. The fraction of sp³-hybridized carbons (Fsp3) is 0.158. The predicted molar refractivity (Wildman–Crippen MR) is 105 cm³/mol. The number of hydrogen-bond acceptors (Lipinski definition) is 6. The molecule has 0 aromatic heterocycles. The molecule has 0 aliphatic heterocycles. The molecule has 0 aliphatic carbocycles. The molecule has 0 spiro atoms. The van der Waals surface area contributed by atoms with Crippen molar-refractivity contribution in [3.05, 3.63) is 66.2 Å². The summed E-state index contributed by atoms with van der Waals surface area (Å²) in [6.07, 6.45) is 3.16. The molecule has 0 saturated heterocycles. The Hall–Kier alpha value is -2.64. The number of amides is 1. The summed E-state index contributed by atoms with van der Waals surface area (Å²) in [6, 6.07) is 15.3. The van der Waals surface area contributed by atoms with Crippen LogP contribution in [0.1, 0.15) is 19.4 Å². The smallest absolute Gasteiger partial charge is 0.330 e. The molecule has 2 aromatic carbocycles. The van der Waals surface area contributed by atoms with Crippen LogP contribution in [0.3, 0.4) is 0 Å². The van der Waals surface area contributed by atoms with Crippen molar-refractivity contribution >= 4 is 42.2 Å². The quantitative estimate of drug-likeness (QED) is 0.202. The molecule has 1 atom stereocenters. The zero-order chi connectivity index (χ0) is 21.0. The molecule has 1 unspecified atom stereocenters. The molecule has 1 amide bonds. The van der Waals surface area contributed by atoms with E-state index in [0.717, 1.165) is 5.56 Å². The molecule has 3 N–H and O–H groups in total. The standard InChI is InChI=1S/C11H12O2.C8H10AsNO5/c1-2-13-11(12)9-8-10-6-4-3-5-7-10;1-6(11)10-8-4-2-3-7(5-8)9(12,13)15-14/h3-9H,2H2,1H3;2-5,14H,1H3,(H,10,11)(H,12,13). The Kier molecular flexibility index (Phi) is 9.98. The Morgan fingerprint density at radius 3 is 2.39 bits per heavy atom. The van der Waals surface area contributed by atoms with E-state index in [9.17, 15) is 17.4 Å². The number of hydrogen-bond donors (Lipinski definition) is 3. The van der Waals surface area contributed by atoms with E-state index in [0.29, 0.717) is 12.3 Å². The molecule has 0 aliphatic rings. The average molecular weight is 451 g/mol. The number of nitrogens with one attached hydrogen (secondary N) is 1. The summed E-state index contributed by atoms with van der Waals surface area (Å²) in [4.78, 5) is 21.6. The van der Waals surface area contributed by atoms with Gasteiger partial charge in [0, 0.05) is 6.08 Å². The zero-order valence-electron chi connectivity index (χ0n) is 15.4. The summed E-state index contributed by atoms with van der Waals surface area (Å²) in [5.74, 6) is -0.594. The first kappa shape index (κ1) is 23.4. The van der Waals surface area contributed by atoms with Gasteiger partial charge >= 0.3 is 94.4 Å². The van der Waals surface area contributed by atoms with Crippen LogP contribution in [0.4, 0.5) is 5.69 Å². The Morgan fingerprint density at radius 1 is 1.14 bits per heavy atom. The van der Waals surface area contributed by atoms with Gasteiger partial charge in [0.25, 0.3) is 0 Å². The van der Waals surface area contributed by atoms with E-state index < -0.39 is 14.2 Å². The summed E-state index contributed by atoms with van der Waals surface area (Å²) in [5.41, 5.74) is 1.36. The number of ether oxygens (including phenoxy) is 1. The van der Waals surface area contributed by atoms with Crippen LogP contribution in [-0.2, 0) is 21.9 Å². The molecule has 9 heteroatoms. The average Bonchev–Trinajstić information content (AvgIpc) is 2.68. The minimum Gasteiger partial charge on any atom is -0.463 e. The molecule has 2 aromatic rings. The number of anilines is 1. The molecule has 8 nitrogen and oxygen atoms in total. The molecule has 150 valence electrons. The Balaban J connectivity index is 0.000000283. The van der Waals surface area contributed by atoms with Crippen molar-refractivity contribution in [1.29, 1.82) is 0 Å². The first-order valence-corrected chi connectivity index (χ1v) is 11.5. The summed E-state index contributed by atoms with van der Waals surface area (Å²) < 4.78 is 28.7. The molecule has 0 fully saturated rings. The first-order valence-electron chi connectivity index (χ1n) is 8.22. The van der Waals surface area contributed by atoms with E-state index in [1.54, 1.807) is 19.1 Å². The molecule has 2 rings (SSSR count). The third-order valence-corrected chi connectivity index (χ3v) is 5.52. The number of benzene rings is 2. The van der Waals surface area contributed by atoms with Crippen LogP contribution >= 0.6 is 0 Å². The van der Waals surface area contributed by atoms with Crippen LogP contribution in [0, 0.1) is 0 Å². The molecule has 0 radical (unpaired) electrons. The second-order valence-corrected chi connectivity index (χ2v) is 8.94. The molecule has 0 bridgehead atoms. The van der Waals surface area contributed by atoms with Gasteiger partial charge in [-0.1, -0.05) is 30.3 Å². The van der Waals surface area contributed by atoms with Gasteiger partial charge in [-0.2, -0.15) is 0 Å². The maximum absolute atomic E-state index is 11.3. The van der Waals surface area contributed by atoms with Crippen molar-refractivity contribution in [1.82, 2.24) is 0 Å². The van der Waals surface area contributed by atoms with Crippen molar-refractivity contribution in [2.75, 3.05) is 11.9 Å². The number of rotatable bonds is 6. The molecule has 28 heavy (non-hydrogen) atoms. The third kappa shape index (κ3) is 8.83. The minimum atomic E-state index is -4.83. The van der Waals surface area contributed by atoms with E-state index in [2.05, 4.69) is 9.19 Å². The first-order chi connectivity index (χ1) is 13.3. The van der Waals surface area contributed by atoms with Gasteiger partial charge in [0.2, 0.25) is 0 Å². The van der Waals surface area contributed by atoms with Crippen LogP contribution in [0.5, 0.6) is 0 Å². The summed E-state index contributed by atoms with van der Waals surface area (Å²) in [6.45, 7) is 3.52. The second-order valence-electron chi connectivity index (χ2n) is 5.33. The van der Waals surface area contributed by atoms with Crippen molar-refractivity contribution in [2.45, 2.75) is 13.8 Å². The summed E-state index contributed by atoms with van der Waals surface area (Å²) in [7, 11) is 0. The maximum Gasteiger partial charge on any atom is 0.330 e.